The normalized spacial score (nSPS) is 37.6. The molecule has 2 aliphatic rings. The average molecular weight is 297 g/mol. The zero-order valence-electron chi connectivity index (χ0n) is 14.3. The van der Waals surface area contributed by atoms with Crippen LogP contribution in [-0.2, 0) is 9.47 Å². The van der Waals surface area contributed by atoms with E-state index in [-0.39, 0.29) is 5.60 Å². The van der Waals surface area contributed by atoms with E-state index in [0.29, 0.717) is 12.2 Å². The fraction of sp³-hybridized carbons (Fsp3) is 1.00. The largest absolute Gasteiger partial charge is 0.381 e. The van der Waals surface area contributed by atoms with Gasteiger partial charge in [-0.3, -0.25) is 0 Å². The highest BCUT2D eigenvalue weighted by atomic mass is 16.5. The number of nitrogens with one attached hydrogen (secondary N) is 1. The van der Waals surface area contributed by atoms with Crippen LogP contribution in [0.1, 0.15) is 71.1 Å². The molecule has 0 heterocycles. The van der Waals surface area contributed by atoms with Crippen molar-refractivity contribution in [1.82, 2.24) is 5.32 Å². The number of hydrogen-bond donors (Lipinski definition) is 1. The summed E-state index contributed by atoms with van der Waals surface area (Å²) in [5.41, 5.74) is 0.0826. The maximum Gasteiger partial charge on any atom is 0.0810 e. The van der Waals surface area contributed by atoms with Gasteiger partial charge < -0.3 is 14.8 Å². The van der Waals surface area contributed by atoms with Crippen LogP contribution < -0.4 is 5.32 Å². The number of ether oxygens (including phenoxy) is 2. The molecule has 0 spiro atoms. The predicted octanol–water partition coefficient (Wildman–Crippen LogP) is 3.91. The Balaban J connectivity index is 1.89. The smallest absolute Gasteiger partial charge is 0.0810 e. The number of rotatable bonds is 7. The lowest BCUT2D eigenvalue weighted by atomic mass is 9.76. The quantitative estimate of drug-likeness (QED) is 0.773. The van der Waals surface area contributed by atoms with Crippen LogP contribution in [0.5, 0.6) is 0 Å². The van der Waals surface area contributed by atoms with Crippen molar-refractivity contribution in [1.29, 1.82) is 0 Å². The molecular weight excluding hydrogens is 262 g/mol. The molecule has 124 valence electrons. The summed E-state index contributed by atoms with van der Waals surface area (Å²) in [7, 11) is 3.90. The molecule has 3 heteroatoms. The lowest BCUT2D eigenvalue weighted by molar-refractivity contribution is -0.140. The summed E-state index contributed by atoms with van der Waals surface area (Å²) < 4.78 is 12.2. The summed E-state index contributed by atoms with van der Waals surface area (Å²) in [6.07, 6.45) is 13.4. The maximum atomic E-state index is 6.68. The first-order valence-electron chi connectivity index (χ1n) is 9.06. The van der Waals surface area contributed by atoms with Gasteiger partial charge in [-0.1, -0.05) is 19.8 Å². The monoisotopic (exact) mass is 297 g/mol. The topological polar surface area (TPSA) is 30.5 Å². The summed E-state index contributed by atoms with van der Waals surface area (Å²) in [6, 6.07) is 0. The van der Waals surface area contributed by atoms with Crippen LogP contribution in [0, 0.1) is 5.92 Å². The number of likely N-dealkylation sites (N-methyl/N-ethyl adjacent to an activating group) is 1. The summed E-state index contributed by atoms with van der Waals surface area (Å²) in [6.45, 7) is 3.30. The van der Waals surface area contributed by atoms with Gasteiger partial charge in [-0.05, 0) is 64.3 Å². The van der Waals surface area contributed by atoms with E-state index in [4.69, 9.17) is 9.47 Å². The molecule has 0 aromatic rings. The fourth-order valence-corrected chi connectivity index (χ4v) is 4.34. The van der Waals surface area contributed by atoms with Gasteiger partial charge >= 0.3 is 0 Å². The Labute approximate surface area is 131 Å². The Morgan fingerprint density at radius 1 is 1.10 bits per heavy atom. The van der Waals surface area contributed by atoms with Crippen molar-refractivity contribution in [2.24, 2.45) is 5.92 Å². The van der Waals surface area contributed by atoms with Crippen molar-refractivity contribution in [2.75, 3.05) is 20.7 Å². The molecule has 0 aromatic heterocycles. The zero-order chi connectivity index (χ0) is 15.1. The molecule has 3 nitrogen and oxygen atoms in total. The molecule has 2 unspecified atom stereocenters. The van der Waals surface area contributed by atoms with E-state index in [1.165, 1.54) is 57.8 Å². The summed E-state index contributed by atoms with van der Waals surface area (Å²) in [5, 5.41) is 3.38. The van der Waals surface area contributed by atoms with Crippen LogP contribution >= 0.6 is 0 Å². The Bertz CT molecular complexity index is 287. The third-order valence-electron chi connectivity index (χ3n) is 5.54. The summed E-state index contributed by atoms with van der Waals surface area (Å²) in [4.78, 5) is 0. The molecule has 0 aromatic carbocycles. The predicted molar refractivity (Wildman–Crippen MR) is 87.7 cm³/mol. The van der Waals surface area contributed by atoms with Crippen LogP contribution in [0.3, 0.4) is 0 Å². The van der Waals surface area contributed by atoms with Gasteiger partial charge in [0, 0.05) is 13.7 Å². The van der Waals surface area contributed by atoms with Crippen LogP contribution in [0.15, 0.2) is 0 Å². The molecular formula is C18H35NO2. The van der Waals surface area contributed by atoms with Crippen LogP contribution in [0.4, 0.5) is 0 Å². The van der Waals surface area contributed by atoms with Gasteiger partial charge in [-0.15, -0.1) is 0 Å². The minimum atomic E-state index is 0.0826. The van der Waals surface area contributed by atoms with Gasteiger partial charge in [-0.25, -0.2) is 0 Å². The highest BCUT2D eigenvalue weighted by Gasteiger charge is 2.38. The first kappa shape index (κ1) is 17.2. The molecule has 2 rings (SSSR count). The van der Waals surface area contributed by atoms with Crippen molar-refractivity contribution in [2.45, 2.75) is 88.9 Å². The van der Waals surface area contributed by atoms with E-state index >= 15 is 0 Å². The Kier molecular flexibility index (Phi) is 6.97. The fourth-order valence-electron chi connectivity index (χ4n) is 4.34. The van der Waals surface area contributed by atoms with Crippen molar-refractivity contribution < 1.29 is 9.47 Å². The van der Waals surface area contributed by atoms with Crippen molar-refractivity contribution in [3.63, 3.8) is 0 Å². The van der Waals surface area contributed by atoms with Gasteiger partial charge in [0.05, 0.1) is 17.8 Å². The van der Waals surface area contributed by atoms with E-state index < -0.39 is 0 Å². The first-order valence-corrected chi connectivity index (χ1v) is 9.06. The van der Waals surface area contributed by atoms with Crippen molar-refractivity contribution in [3.05, 3.63) is 0 Å². The van der Waals surface area contributed by atoms with Crippen LogP contribution in [-0.4, -0.2) is 38.5 Å². The summed E-state index contributed by atoms with van der Waals surface area (Å²) >= 11 is 0. The second-order valence-corrected chi connectivity index (χ2v) is 7.21. The molecule has 1 N–H and O–H groups in total. The number of hydrogen-bond acceptors (Lipinski definition) is 3. The SMILES string of the molecule is CCCC1CCC(CNC)(OC2CCCC(OC)C2)CC1. The second-order valence-electron chi connectivity index (χ2n) is 7.21. The lowest BCUT2D eigenvalue weighted by Crippen LogP contribution is -2.48. The minimum Gasteiger partial charge on any atom is -0.381 e. The molecule has 2 fully saturated rings. The van der Waals surface area contributed by atoms with Gasteiger partial charge in [0.25, 0.3) is 0 Å². The van der Waals surface area contributed by atoms with Crippen LogP contribution in [0.25, 0.3) is 0 Å². The minimum absolute atomic E-state index is 0.0826. The lowest BCUT2D eigenvalue weighted by Gasteiger charge is -2.44. The molecule has 0 radical (unpaired) electrons. The van der Waals surface area contributed by atoms with E-state index in [2.05, 4.69) is 19.3 Å². The van der Waals surface area contributed by atoms with E-state index in [9.17, 15) is 0 Å². The molecule has 2 saturated carbocycles. The zero-order valence-corrected chi connectivity index (χ0v) is 14.3. The second kappa shape index (κ2) is 8.50. The Morgan fingerprint density at radius 3 is 2.43 bits per heavy atom. The summed E-state index contributed by atoms with van der Waals surface area (Å²) in [5.74, 6) is 0.932. The van der Waals surface area contributed by atoms with E-state index in [1.54, 1.807) is 0 Å². The molecule has 21 heavy (non-hydrogen) atoms. The van der Waals surface area contributed by atoms with Gasteiger partial charge in [0.1, 0.15) is 0 Å². The number of methoxy groups -OCH3 is 1. The van der Waals surface area contributed by atoms with E-state index in [0.717, 1.165) is 18.9 Å². The third-order valence-corrected chi connectivity index (χ3v) is 5.54. The first-order chi connectivity index (χ1) is 10.2. The van der Waals surface area contributed by atoms with Crippen molar-refractivity contribution >= 4 is 0 Å². The van der Waals surface area contributed by atoms with Gasteiger partial charge in [-0.2, -0.15) is 0 Å². The molecule has 0 aliphatic heterocycles. The van der Waals surface area contributed by atoms with Gasteiger partial charge in [0.15, 0.2) is 0 Å². The van der Waals surface area contributed by atoms with Crippen molar-refractivity contribution in [3.8, 4) is 0 Å². The molecule has 0 amide bonds. The maximum absolute atomic E-state index is 6.68. The van der Waals surface area contributed by atoms with E-state index in [1.807, 2.05) is 7.11 Å². The Morgan fingerprint density at radius 2 is 1.81 bits per heavy atom. The Hall–Kier alpha value is -0.120. The molecule has 0 saturated heterocycles. The molecule has 0 bridgehead atoms. The standard InChI is InChI=1S/C18H35NO2/c1-4-6-15-9-11-18(12-10-15,14-19-2)21-17-8-5-7-16(13-17)20-3/h15-17,19H,4-14H2,1-3H3. The highest BCUT2D eigenvalue weighted by molar-refractivity contribution is 4.91. The highest BCUT2D eigenvalue weighted by Crippen LogP contribution is 2.39. The van der Waals surface area contributed by atoms with Crippen LogP contribution in [0.2, 0.25) is 0 Å². The molecule has 2 aliphatic carbocycles. The molecule has 2 atom stereocenters. The average Bonchev–Trinajstić information content (AvgIpc) is 2.50. The third kappa shape index (κ3) is 4.94. The van der Waals surface area contributed by atoms with Gasteiger partial charge in [0.2, 0.25) is 0 Å².